The molecule has 116 valence electrons. The monoisotopic (exact) mass is 327 g/mol. The molecule has 1 amide bonds. The minimum Gasteiger partial charge on any atom is -0.348 e. The number of imidazole rings is 1. The standard InChI is InChI=1S/C17H14FN3OS/c18-15-4-2-1-3-13(15)11-20-16(22)12-5-7-14(8-6-12)21-10-9-19-17(21)23/h1-10H,11H2,(H,19,23)(H,20,22). The maximum absolute atomic E-state index is 13.5. The van der Waals surface area contributed by atoms with Crippen molar-refractivity contribution in [1.29, 1.82) is 0 Å². The van der Waals surface area contributed by atoms with E-state index in [1.807, 2.05) is 18.3 Å². The van der Waals surface area contributed by atoms with Crippen LogP contribution in [-0.2, 0) is 6.54 Å². The molecule has 1 heterocycles. The largest absolute Gasteiger partial charge is 0.348 e. The second-order valence-electron chi connectivity index (χ2n) is 4.96. The first kappa shape index (κ1) is 15.2. The normalized spacial score (nSPS) is 10.5. The lowest BCUT2D eigenvalue weighted by Crippen LogP contribution is -2.23. The summed E-state index contributed by atoms with van der Waals surface area (Å²) in [5, 5.41) is 2.71. The molecule has 0 aliphatic carbocycles. The van der Waals surface area contributed by atoms with E-state index >= 15 is 0 Å². The van der Waals surface area contributed by atoms with E-state index in [2.05, 4.69) is 10.3 Å². The van der Waals surface area contributed by atoms with Gasteiger partial charge >= 0.3 is 0 Å². The number of carbonyl (C=O) groups is 1. The van der Waals surface area contributed by atoms with Crippen molar-refractivity contribution in [2.24, 2.45) is 0 Å². The summed E-state index contributed by atoms with van der Waals surface area (Å²) in [7, 11) is 0. The van der Waals surface area contributed by atoms with E-state index in [9.17, 15) is 9.18 Å². The molecule has 0 fully saturated rings. The number of benzene rings is 2. The van der Waals surface area contributed by atoms with Crippen molar-refractivity contribution >= 4 is 18.1 Å². The van der Waals surface area contributed by atoms with Gasteiger partial charge in [0.15, 0.2) is 4.77 Å². The van der Waals surface area contributed by atoms with Crippen LogP contribution in [0.2, 0.25) is 0 Å². The van der Waals surface area contributed by atoms with Crippen LogP contribution in [-0.4, -0.2) is 15.5 Å². The second kappa shape index (κ2) is 6.58. The first-order valence-electron chi connectivity index (χ1n) is 7.03. The number of hydrogen-bond acceptors (Lipinski definition) is 2. The molecule has 4 nitrogen and oxygen atoms in total. The molecule has 6 heteroatoms. The predicted molar refractivity (Wildman–Crippen MR) is 88.5 cm³/mol. The van der Waals surface area contributed by atoms with E-state index in [0.717, 1.165) is 5.69 Å². The van der Waals surface area contributed by atoms with Gasteiger partial charge in [-0.2, -0.15) is 0 Å². The highest BCUT2D eigenvalue weighted by atomic mass is 32.1. The lowest BCUT2D eigenvalue weighted by Gasteiger charge is -2.07. The minimum absolute atomic E-state index is 0.149. The highest BCUT2D eigenvalue weighted by Crippen LogP contribution is 2.11. The Hall–Kier alpha value is -2.73. The maximum atomic E-state index is 13.5. The zero-order valence-electron chi connectivity index (χ0n) is 12.1. The topological polar surface area (TPSA) is 49.8 Å². The van der Waals surface area contributed by atoms with E-state index in [1.54, 1.807) is 41.1 Å². The summed E-state index contributed by atoms with van der Waals surface area (Å²) < 4.78 is 15.9. The first-order valence-corrected chi connectivity index (χ1v) is 7.44. The summed E-state index contributed by atoms with van der Waals surface area (Å²) in [6.45, 7) is 0.149. The zero-order valence-corrected chi connectivity index (χ0v) is 12.9. The molecule has 0 saturated carbocycles. The summed E-state index contributed by atoms with van der Waals surface area (Å²) in [5.41, 5.74) is 1.82. The van der Waals surface area contributed by atoms with Crippen molar-refractivity contribution < 1.29 is 9.18 Å². The van der Waals surface area contributed by atoms with Crippen LogP contribution in [0.15, 0.2) is 60.9 Å². The van der Waals surface area contributed by atoms with Crippen LogP contribution in [0.5, 0.6) is 0 Å². The van der Waals surface area contributed by atoms with E-state index in [0.29, 0.717) is 15.9 Å². The third kappa shape index (κ3) is 3.37. The van der Waals surface area contributed by atoms with Crippen molar-refractivity contribution in [2.75, 3.05) is 0 Å². The highest BCUT2D eigenvalue weighted by molar-refractivity contribution is 7.71. The Labute approximate surface area is 137 Å². The Kier molecular flexibility index (Phi) is 4.34. The van der Waals surface area contributed by atoms with E-state index in [4.69, 9.17) is 12.2 Å². The van der Waals surface area contributed by atoms with Crippen LogP contribution in [0, 0.1) is 10.6 Å². The summed E-state index contributed by atoms with van der Waals surface area (Å²) in [6.07, 6.45) is 3.56. The third-order valence-corrected chi connectivity index (χ3v) is 3.77. The maximum Gasteiger partial charge on any atom is 0.251 e. The summed E-state index contributed by atoms with van der Waals surface area (Å²) in [6, 6.07) is 13.4. The Morgan fingerprint density at radius 3 is 2.57 bits per heavy atom. The number of H-pyrrole nitrogens is 1. The fourth-order valence-corrected chi connectivity index (χ4v) is 2.45. The van der Waals surface area contributed by atoms with Gasteiger partial charge in [-0.3, -0.25) is 9.36 Å². The average molecular weight is 327 g/mol. The van der Waals surface area contributed by atoms with Gasteiger partial charge in [-0.15, -0.1) is 0 Å². The first-order chi connectivity index (χ1) is 11.1. The molecule has 0 atom stereocenters. The van der Waals surface area contributed by atoms with Crippen LogP contribution in [0.1, 0.15) is 15.9 Å². The molecule has 0 spiro atoms. The van der Waals surface area contributed by atoms with Crippen molar-refractivity contribution in [3.8, 4) is 5.69 Å². The number of carbonyl (C=O) groups excluding carboxylic acids is 1. The number of halogens is 1. The molecular formula is C17H14FN3OS. The SMILES string of the molecule is O=C(NCc1ccccc1F)c1ccc(-n2cc[nH]c2=S)cc1. The van der Waals surface area contributed by atoms with Crippen molar-refractivity contribution in [2.45, 2.75) is 6.54 Å². The van der Waals surface area contributed by atoms with Gasteiger partial charge in [0.2, 0.25) is 0 Å². The third-order valence-electron chi connectivity index (χ3n) is 3.45. The van der Waals surface area contributed by atoms with Crippen molar-refractivity contribution in [1.82, 2.24) is 14.9 Å². The smallest absolute Gasteiger partial charge is 0.251 e. The van der Waals surface area contributed by atoms with Crippen molar-refractivity contribution in [3.63, 3.8) is 0 Å². The lowest BCUT2D eigenvalue weighted by molar-refractivity contribution is 0.0950. The summed E-state index contributed by atoms with van der Waals surface area (Å²) in [4.78, 5) is 15.0. The average Bonchev–Trinajstić information content (AvgIpc) is 3.00. The zero-order chi connectivity index (χ0) is 16.2. The van der Waals surface area contributed by atoms with Gasteiger partial charge in [-0.1, -0.05) is 18.2 Å². The minimum atomic E-state index is -0.329. The van der Waals surface area contributed by atoms with Gasteiger partial charge in [-0.25, -0.2) is 4.39 Å². The number of aromatic nitrogens is 2. The van der Waals surface area contributed by atoms with Crippen LogP contribution < -0.4 is 5.32 Å². The van der Waals surface area contributed by atoms with Crippen LogP contribution >= 0.6 is 12.2 Å². The quantitative estimate of drug-likeness (QED) is 0.719. The molecule has 0 saturated heterocycles. The van der Waals surface area contributed by atoms with Crippen LogP contribution in [0.4, 0.5) is 4.39 Å². The Balaban J connectivity index is 1.70. The molecule has 0 radical (unpaired) electrons. The molecule has 3 rings (SSSR count). The van der Waals surface area contributed by atoms with Gasteiger partial charge in [0.1, 0.15) is 5.82 Å². The molecule has 1 aromatic heterocycles. The molecule has 0 bridgehead atoms. The van der Waals surface area contributed by atoms with Crippen LogP contribution in [0.3, 0.4) is 0 Å². The molecule has 3 aromatic rings. The Morgan fingerprint density at radius 2 is 1.91 bits per heavy atom. The second-order valence-corrected chi connectivity index (χ2v) is 5.34. The predicted octanol–water partition coefficient (Wildman–Crippen LogP) is 3.60. The molecule has 0 unspecified atom stereocenters. The molecule has 2 N–H and O–H groups in total. The fourth-order valence-electron chi connectivity index (χ4n) is 2.22. The van der Waals surface area contributed by atoms with Gasteiger partial charge < -0.3 is 10.3 Å². The Morgan fingerprint density at radius 1 is 1.17 bits per heavy atom. The fraction of sp³-hybridized carbons (Fsp3) is 0.0588. The lowest BCUT2D eigenvalue weighted by atomic mass is 10.1. The number of nitrogens with zero attached hydrogens (tertiary/aromatic N) is 1. The Bertz CT molecular complexity index is 883. The highest BCUT2D eigenvalue weighted by Gasteiger charge is 2.07. The van der Waals surface area contributed by atoms with Gasteiger partial charge in [0.25, 0.3) is 5.91 Å². The van der Waals surface area contributed by atoms with Crippen molar-refractivity contribution in [3.05, 3.63) is 82.6 Å². The number of rotatable bonds is 4. The van der Waals surface area contributed by atoms with Gasteiger partial charge in [-0.05, 0) is 42.5 Å². The molecule has 2 aromatic carbocycles. The van der Waals surface area contributed by atoms with E-state index < -0.39 is 0 Å². The van der Waals surface area contributed by atoms with Gasteiger partial charge in [0.05, 0.1) is 0 Å². The van der Waals surface area contributed by atoms with E-state index in [-0.39, 0.29) is 18.3 Å². The van der Waals surface area contributed by atoms with Gasteiger partial charge in [0, 0.05) is 35.8 Å². The van der Waals surface area contributed by atoms with E-state index in [1.165, 1.54) is 6.07 Å². The number of aromatic amines is 1. The van der Waals surface area contributed by atoms with Crippen LogP contribution in [0.25, 0.3) is 5.69 Å². The summed E-state index contributed by atoms with van der Waals surface area (Å²) in [5.74, 6) is -0.581. The molecular weight excluding hydrogens is 313 g/mol. The summed E-state index contributed by atoms with van der Waals surface area (Å²) >= 11 is 5.15. The molecule has 0 aliphatic heterocycles. The number of nitrogens with one attached hydrogen (secondary N) is 2. The number of hydrogen-bond donors (Lipinski definition) is 2. The number of amides is 1. The molecule has 23 heavy (non-hydrogen) atoms. The molecule has 0 aliphatic rings.